The molecule has 1 fully saturated rings. The Balaban J connectivity index is 1.68. The summed E-state index contributed by atoms with van der Waals surface area (Å²) in [5, 5.41) is 0. The van der Waals surface area contributed by atoms with E-state index >= 15 is 0 Å². The SMILES string of the molecule is CC(C)(C)N(C(=O)OC1CC1)c1ccc(OCc2ccccc2)cc1. The summed E-state index contributed by atoms with van der Waals surface area (Å²) in [6.07, 6.45) is 1.74. The number of anilines is 1. The van der Waals surface area contributed by atoms with Crippen molar-refractivity contribution in [2.45, 2.75) is 51.9 Å². The van der Waals surface area contributed by atoms with Gasteiger partial charge in [-0.05, 0) is 63.4 Å². The molecule has 2 aromatic carbocycles. The molecule has 0 radical (unpaired) electrons. The molecular formula is C21H25NO3. The Morgan fingerprint density at radius 1 is 1.04 bits per heavy atom. The molecule has 0 heterocycles. The summed E-state index contributed by atoms with van der Waals surface area (Å²) in [6.45, 7) is 6.52. The van der Waals surface area contributed by atoms with Crippen molar-refractivity contribution in [1.82, 2.24) is 0 Å². The number of rotatable bonds is 5. The summed E-state index contributed by atoms with van der Waals surface area (Å²) in [5.41, 5.74) is 1.57. The molecule has 1 aliphatic carbocycles. The highest BCUT2D eigenvalue weighted by atomic mass is 16.6. The Morgan fingerprint density at radius 3 is 2.24 bits per heavy atom. The molecule has 1 saturated carbocycles. The van der Waals surface area contributed by atoms with Crippen molar-refractivity contribution in [3.63, 3.8) is 0 Å². The molecule has 0 N–H and O–H groups in total. The number of hydrogen-bond acceptors (Lipinski definition) is 3. The molecule has 25 heavy (non-hydrogen) atoms. The second-order valence-electron chi connectivity index (χ2n) is 7.36. The van der Waals surface area contributed by atoms with Gasteiger partial charge in [-0.3, -0.25) is 4.90 Å². The normalized spacial score (nSPS) is 14.0. The van der Waals surface area contributed by atoms with Gasteiger partial charge in [0, 0.05) is 11.2 Å². The number of hydrogen-bond donors (Lipinski definition) is 0. The number of ether oxygens (including phenoxy) is 2. The van der Waals surface area contributed by atoms with Gasteiger partial charge in [0.25, 0.3) is 0 Å². The maximum Gasteiger partial charge on any atom is 0.415 e. The second kappa shape index (κ2) is 7.18. The molecule has 0 saturated heterocycles. The van der Waals surface area contributed by atoms with Crippen molar-refractivity contribution in [2.75, 3.05) is 4.90 Å². The van der Waals surface area contributed by atoms with Gasteiger partial charge in [-0.15, -0.1) is 0 Å². The van der Waals surface area contributed by atoms with Crippen LogP contribution in [0.5, 0.6) is 5.75 Å². The van der Waals surface area contributed by atoms with Gasteiger partial charge in [-0.1, -0.05) is 30.3 Å². The molecular weight excluding hydrogens is 314 g/mol. The Morgan fingerprint density at radius 2 is 1.68 bits per heavy atom. The highest BCUT2D eigenvalue weighted by Gasteiger charge is 2.34. The van der Waals surface area contributed by atoms with E-state index in [1.54, 1.807) is 4.90 Å². The third-order valence-corrected chi connectivity index (χ3v) is 3.99. The molecule has 0 bridgehead atoms. The maximum absolute atomic E-state index is 12.5. The summed E-state index contributed by atoms with van der Waals surface area (Å²) in [5.74, 6) is 0.775. The molecule has 4 nitrogen and oxygen atoms in total. The van der Waals surface area contributed by atoms with Gasteiger partial charge < -0.3 is 9.47 Å². The third-order valence-electron chi connectivity index (χ3n) is 3.99. The molecule has 3 rings (SSSR count). The Hall–Kier alpha value is -2.49. The molecule has 0 aliphatic heterocycles. The molecule has 2 aromatic rings. The van der Waals surface area contributed by atoms with Gasteiger partial charge >= 0.3 is 6.09 Å². The molecule has 0 aromatic heterocycles. The number of nitrogens with zero attached hydrogens (tertiary/aromatic N) is 1. The Kier molecular flexibility index (Phi) is 4.98. The van der Waals surface area contributed by atoms with E-state index < -0.39 is 0 Å². The van der Waals surface area contributed by atoms with Crippen molar-refractivity contribution in [3.05, 3.63) is 60.2 Å². The number of amides is 1. The zero-order chi connectivity index (χ0) is 17.9. The maximum atomic E-state index is 12.5. The fourth-order valence-electron chi connectivity index (χ4n) is 2.58. The lowest BCUT2D eigenvalue weighted by molar-refractivity contribution is 0.141. The van der Waals surface area contributed by atoms with Crippen LogP contribution in [0.4, 0.5) is 10.5 Å². The fourth-order valence-corrected chi connectivity index (χ4v) is 2.58. The molecule has 1 aliphatic rings. The van der Waals surface area contributed by atoms with Gasteiger partial charge in [0.05, 0.1) is 0 Å². The first-order valence-electron chi connectivity index (χ1n) is 8.71. The first-order valence-corrected chi connectivity index (χ1v) is 8.71. The lowest BCUT2D eigenvalue weighted by atomic mass is 10.1. The lowest BCUT2D eigenvalue weighted by Crippen LogP contribution is -2.46. The minimum absolute atomic E-state index is 0.0887. The van der Waals surface area contributed by atoms with E-state index in [4.69, 9.17) is 9.47 Å². The topological polar surface area (TPSA) is 38.8 Å². The zero-order valence-corrected chi connectivity index (χ0v) is 15.1. The summed E-state index contributed by atoms with van der Waals surface area (Å²) in [7, 11) is 0. The fraction of sp³-hybridized carbons (Fsp3) is 0.381. The van der Waals surface area contributed by atoms with Gasteiger partial charge in [-0.25, -0.2) is 4.79 Å². The van der Waals surface area contributed by atoms with Crippen molar-refractivity contribution < 1.29 is 14.3 Å². The molecule has 1 amide bonds. The monoisotopic (exact) mass is 339 g/mol. The van der Waals surface area contributed by atoms with E-state index in [0.29, 0.717) is 6.61 Å². The van der Waals surface area contributed by atoms with E-state index in [9.17, 15) is 4.79 Å². The van der Waals surface area contributed by atoms with Crippen molar-refractivity contribution in [1.29, 1.82) is 0 Å². The average Bonchev–Trinajstić information content (AvgIpc) is 3.38. The highest BCUT2D eigenvalue weighted by Crippen LogP contribution is 2.30. The smallest absolute Gasteiger partial charge is 0.415 e. The highest BCUT2D eigenvalue weighted by molar-refractivity contribution is 5.89. The largest absolute Gasteiger partial charge is 0.489 e. The molecule has 4 heteroatoms. The predicted octanol–water partition coefficient (Wildman–Crippen LogP) is 5.17. The first kappa shape index (κ1) is 17.3. The van der Waals surface area contributed by atoms with Crippen LogP contribution in [0.1, 0.15) is 39.2 Å². The number of carbonyl (C=O) groups excluding carboxylic acids is 1. The van der Waals surface area contributed by atoms with Crippen molar-refractivity contribution >= 4 is 11.8 Å². The van der Waals surface area contributed by atoms with Crippen LogP contribution in [0.2, 0.25) is 0 Å². The van der Waals surface area contributed by atoms with Gasteiger partial charge in [0.1, 0.15) is 18.5 Å². The number of benzene rings is 2. The zero-order valence-electron chi connectivity index (χ0n) is 15.1. The van der Waals surface area contributed by atoms with E-state index in [-0.39, 0.29) is 17.7 Å². The molecule has 132 valence electrons. The summed E-state index contributed by atoms with van der Waals surface area (Å²) in [6, 6.07) is 17.6. The molecule has 0 atom stereocenters. The Labute approximate surface area is 149 Å². The second-order valence-corrected chi connectivity index (χ2v) is 7.36. The van der Waals surface area contributed by atoms with Gasteiger partial charge in [0.15, 0.2) is 0 Å². The van der Waals surface area contributed by atoms with Crippen LogP contribution < -0.4 is 9.64 Å². The minimum atomic E-state index is -0.363. The summed E-state index contributed by atoms with van der Waals surface area (Å²) >= 11 is 0. The third kappa shape index (κ3) is 4.75. The summed E-state index contributed by atoms with van der Waals surface area (Å²) in [4.78, 5) is 14.2. The van der Waals surface area contributed by atoms with Crippen LogP contribution in [0.3, 0.4) is 0 Å². The van der Waals surface area contributed by atoms with E-state index in [1.165, 1.54) is 0 Å². The summed E-state index contributed by atoms with van der Waals surface area (Å²) < 4.78 is 11.3. The van der Waals surface area contributed by atoms with Crippen LogP contribution >= 0.6 is 0 Å². The first-order chi connectivity index (χ1) is 11.9. The van der Waals surface area contributed by atoms with Gasteiger partial charge in [-0.2, -0.15) is 0 Å². The minimum Gasteiger partial charge on any atom is -0.489 e. The lowest BCUT2D eigenvalue weighted by Gasteiger charge is -2.34. The average molecular weight is 339 g/mol. The number of carbonyl (C=O) groups is 1. The van der Waals surface area contributed by atoms with E-state index in [0.717, 1.165) is 29.8 Å². The van der Waals surface area contributed by atoms with Gasteiger partial charge in [0.2, 0.25) is 0 Å². The van der Waals surface area contributed by atoms with Crippen LogP contribution in [-0.2, 0) is 11.3 Å². The molecule has 0 spiro atoms. The standard InChI is InChI=1S/C21H25NO3/c1-21(2,3)22(20(23)25-19-13-14-19)17-9-11-18(12-10-17)24-15-16-7-5-4-6-8-16/h4-12,19H,13-15H2,1-3H3. The Bertz CT molecular complexity index is 700. The quantitative estimate of drug-likeness (QED) is 0.754. The predicted molar refractivity (Wildman–Crippen MR) is 99.0 cm³/mol. The van der Waals surface area contributed by atoms with E-state index in [1.807, 2.05) is 75.4 Å². The van der Waals surface area contributed by atoms with E-state index in [2.05, 4.69) is 0 Å². The van der Waals surface area contributed by atoms with Crippen molar-refractivity contribution in [3.8, 4) is 5.75 Å². The van der Waals surface area contributed by atoms with Crippen molar-refractivity contribution in [2.24, 2.45) is 0 Å². The molecule has 0 unspecified atom stereocenters. The van der Waals surface area contributed by atoms with Crippen LogP contribution in [-0.4, -0.2) is 17.7 Å². The van der Waals surface area contributed by atoms with Crippen LogP contribution in [0.15, 0.2) is 54.6 Å². The van der Waals surface area contributed by atoms with Crippen LogP contribution in [0, 0.1) is 0 Å². The van der Waals surface area contributed by atoms with Crippen LogP contribution in [0.25, 0.3) is 0 Å².